The Balaban J connectivity index is 1.60. The second-order valence-corrected chi connectivity index (χ2v) is 4.13. The van der Waals surface area contributed by atoms with E-state index in [-0.39, 0.29) is 12.0 Å². The molecule has 1 fully saturated rings. The van der Waals surface area contributed by atoms with Crippen molar-refractivity contribution in [3.63, 3.8) is 0 Å². The van der Waals surface area contributed by atoms with E-state index in [9.17, 15) is 4.79 Å². The molecule has 1 heterocycles. The fourth-order valence-electron chi connectivity index (χ4n) is 1.90. The Labute approximate surface area is 94.9 Å². The highest BCUT2D eigenvalue weighted by molar-refractivity contribution is 5.74. The molecule has 4 nitrogen and oxygen atoms in total. The molecule has 2 rings (SSSR count). The summed E-state index contributed by atoms with van der Waals surface area (Å²) in [5.74, 6) is 0.749. The van der Waals surface area contributed by atoms with Crippen LogP contribution in [-0.2, 0) is 16.1 Å². The minimum Gasteiger partial charge on any atom is -0.469 e. The zero-order chi connectivity index (χ0) is 11.2. The lowest BCUT2D eigenvalue weighted by Crippen LogP contribution is -2.28. The van der Waals surface area contributed by atoms with Crippen molar-refractivity contribution in [3.8, 4) is 0 Å². The van der Waals surface area contributed by atoms with Crippen molar-refractivity contribution in [2.45, 2.75) is 44.6 Å². The van der Waals surface area contributed by atoms with Crippen LogP contribution in [0.15, 0.2) is 22.8 Å². The molecular formula is C12H17NO3. The minimum absolute atomic E-state index is 0.0803. The van der Waals surface area contributed by atoms with Gasteiger partial charge in [-0.05, 0) is 25.0 Å². The summed E-state index contributed by atoms with van der Waals surface area (Å²) in [7, 11) is 0. The quantitative estimate of drug-likeness (QED) is 0.778. The number of carbonyl (C=O) groups is 1. The summed E-state index contributed by atoms with van der Waals surface area (Å²) < 4.78 is 5.14. The maximum absolute atomic E-state index is 11.4. The van der Waals surface area contributed by atoms with E-state index >= 15 is 0 Å². The molecule has 0 atom stereocenters. The molecule has 16 heavy (non-hydrogen) atoms. The smallest absolute Gasteiger partial charge is 0.243 e. The Morgan fingerprint density at radius 3 is 3.00 bits per heavy atom. The van der Waals surface area contributed by atoms with Crippen LogP contribution in [0.25, 0.3) is 0 Å². The monoisotopic (exact) mass is 223 g/mol. The summed E-state index contributed by atoms with van der Waals surface area (Å²) in [4.78, 5) is 16.7. The third-order valence-electron chi connectivity index (χ3n) is 2.82. The number of nitrogens with one attached hydrogen (secondary N) is 1. The van der Waals surface area contributed by atoms with Gasteiger partial charge in [-0.1, -0.05) is 12.8 Å². The zero-order valence-corrected chi connectivity index (χ0v) is 9.28. The maximum Gasteiger partial charge on any atom is 0.243 e. The molecule has 0 bridgehead atoms. The van der Waals surface area contributed by atoms with E-state index < -0.39 is 0 Å². The maximum atomic E-state index is 11.4. The number of amides is 1. The number of carbonyl (C=O) groups excluding carboxylic acids is 1. The van der Waals surface area contributed by atoms with E-state index in [1.54, 1.807) is 6.26 Å². The van der Waals surface area contributed by atoms with E-state index in [1.807, 2.05) is 12.1 Å². The van der Waals surface area contributed by atoms with Crippen molar-refractivity contribution in [2.75, 3.05) is 0 Å². The Bertz CT molecular complexity index is 315. The van der Waals surface area contributed by atoms with Crippen molar-refractivity contribution in [2.24, 2.45) is 0 Å². The van der Waals surface area contributed by atoms with Crippen LogP contribution in [0.5, 0.6) is 0 Å². The fourth-order valence-corrected chi connectivity index (χ4v) is 1.90. The molecular weight excluding hydrogens is 206 g/mol. The van der Waals surface area contributed by atoms with Gasteiger partial charge in [0.15, 0.2) is 0 Å². The molecule has 0 spiro atoms. The first-order valence-electron chi connectivity index (χ1n) is 5.81. The number of aryl methyl sites for hydroxylation is 1. The lowest BCUT2D eigenvalue weighted by molar-refractivity contribution is -0.138. The Morgan fingerprint density at radius 1 is 1.50 bits per heavy atom. The van der Waals surface area contributed by atoms with Gasteiger partial charge in [0.1, 0.15) is 5.76 Å². The summed E-state index contributed by atoms with van der Waals surface area (Å²) in [6, 6.07) is 3.69. The molecule has 4 heteroatoms. The van der Waals surface area contributed by atoms with Crippen LogP contribution in [0.4, 0.5) is 0 Å². The highest BCUT2D eigenvalue weighted by Crippen LogP contribution is 2.19. The average Bonchev–Trinajstić information content (AvgIpc) is 2.96. The molecule has 0 radical (unpaired) electrons. The first kappa shape index (κ1) is 11.2. The summed E-state index contributed by atoms with van der Waals surface area (Å²) >= 11 is 0. The van der Waals surface area contributed by atoms with E-state index in [0.29, 0.717) is 12.8 Å². The first-order valence-corrected chi connectivity index (χ1v) is 5.81. The topological polar surface area (TPSA) is 51.5 Å². The summed E-state index contributed by atoms with van der Waals surface area (Å²) in [5, 5.41) is 0. The summed E-state index contributed by atoms with van der Waals surface area (Å²) in [5.41, 5.74) is 2.51. The van der Waals surface area contributed by atoms with E-state index in [4.69, 9.17) is 9.25 Å². The van der Waals surface area contributed by atoms with Gasteiger partial charge in [-0.25, -0.2) is 5.48 Å². The van der Waals surface area contributed by atoms with Gasteiger partial charge in [-0.15, -0.1) is 0 Å². The largest absolute Gasteiger partial charge is 0.469 e. The van der Waals surface area contributed by atoms with Crippen molar-refractivity contribution >= 4 is 5.91 Å². The third-order valence-corrected chi connectivity index (χ3v) is 2.82. The molecule has 0 aromatic carbocycles. The summed E-state index contributed by atoms with van der Waals surface area (Å²) in [6.07, 6.45) is 7.36. The molecule has 1 saturated carbocycles. The average molecular weight is 223 g/mol. The number of hydroxylamine groups is 1. The molecule has 0 saturated heterocycles. The third kappa shape index (κ3) is 3.38. The molecule has 0 aliphatic heterocycles. The number of rotatable bonds is 5. The minimum atomic E-state index is -0.0803. The molecule has 1 aliphatic carbocycles. The van der Waals surface area contributed by atoms with Crippen molar-refractivity contribution in [1.82, 2.24) is 5.48 Å². The van der Waals surface area contributed by atoms with Gasteiger partial charge in [0.2, 0.25) is 5.91 Å². The van der Waals surface area contributed by atoms with Crippen LogP contribution in [0.2, 0.25) is 0 Å². The van der Waals surface area contributed by atoms with Gasteiger partial charge in [0.05, 0.1) is 12.4 Å². The SMILES string of the molecule is O=C(CCc1ccco1)NOC1CCCC1. The first-order chi connectivity index (χ1) is 7.84. The predicted octanol–water partition coefficient (Wildman–Crippen LogP) is 2.20. The normalized spacial score (nSPS) is 16.5. The van der Waals surface area contributed by atoms with Crippen molar-refractivity contribution < 1.29 is 14.0 Å². The van der Waals surface area contributed by atoms with Crippen LogP contribution in [0.1, 0.15) is 37.9 Å². The van der Waals surface area contributed by atoms with Gasteiger partial charge < -0.3 is 4.42 Å². The Hall–Kier alpha value is -1.29. The highest BCUT2D eigenvalue weighted by Gasteiger charge is 2.16. The second kappa shape index (κ2) is 5.70. The number of hydrogen-bond donors (Lipinski definition) is 1. The lowest BCUT2D eigenvalue weighted by atomic mass is 10.2. The number of furan rings is 1. The van der Waals surface area contributed by atoms with Crippen LogP contribution in [0, 0.1) is 0 Å². The molecule has 1 N–H and O–H groups in total. The van der Waals surface area contributed by atoms with E-state index in [2.05, 4.69) is 5.48 Å². The molecule has 1 aromatic heterocycles. The van der Waals surface area contributed by atoms with Crippen LogP contribution in [-0.4, -0.2) is 12.0 Å². The Kier molecular flexibility index (Phi) is 3.99. The lowest BCUT2D eigenvalue weighted by Gasteiger charge is -2.10. The summed E-state index contributed by atoms with van der Waals surface area (Å²) in [6.45, 7) is 0. The highest BCUT2D eigenvalue weighted by atomic mass is 16.7. The van der Waals surface area contributed by atoms with Crippen molar-refractivity contribution in [1.29, 1.82) is 0 Å². The predicted molar refractivity (Wildman–Crippen MR) is 58.5 cm³/mol. The Morgan fingerprint density at radius 2 is 2.31 bits per heavy atom. The van der Waals surface area contributed by atoms with Crippen LogP contribution in [0.3, 0.4) is 0 Å². The van der Waals surface area contributed by atoms with Gasteiger partial charge in [0.25, 0.3) is 0 Å². The van der Waals surface area contributed by atoms with E-state index in [1.165, 1.54) is 12.8 Å². The molecule has 1 aliphatic rings. The van der Waals surface area contributed by atoms with Crippen LogP contribution < -0.4 is 5.48 Å². The van der Waals surface area contributed by atoms with Gasteiger partial charge in [-0.2, -0.15) is 0 Å². The molecule has 1 amide bonds. The van der Waals surface area contributed by atoms with Crippen molar-refractivity contribution in [3.05, 3.63) is 24.2 Å². The second-order valence-electron chi connectivity index (χ2n) is 4.13. The molecule has 0 unspecified atom stereocenters. The van der Waals surface area contributed by atoms with Gasteiger partial charge >= 0.3 is 0 Å². The number of hydrogen-bond acceptors (Lipinski definition) is 3. The standard InChI is InChI=1S/C12H17NO3/c14-12(8-7-10-6-3-9-15-10)13-16-11-4-1-2-5-11/h3,6,9,11H,1-2,4-5,7-8H2,(H,13,14). The molecule has 1 aromatic rings. The van der Waals surface area contributed by atoms with E-state index in [0.717, 1.165) is 18.6 Å². The fraction of sp³-hybridized carbons (Fsp3) is 0.583. The molecule has 88 valence electrons. The van der Waals surface area contributed by atoms with Crippen LogP contribution >= 0.6 is 0 Å². The van der Waals surface area contributed by atoms with Gasteiger partial charge in [0, 0.05) is 12.8 Å². The van der Waals surface area contributed by atoms with Gasteiger partial charge in [-0.3, -0.25) is 9.63 Å². The zero-order valence-electron chi connectivity index (χ0n) is 9.28.